The second-order valence-electron chi connectivity index (χ2n) is 4.48. The SMILES string of the molecule is C(=Cc1ccc(C2OCCO2)cc1)c1ccccc1. The first-order valence-corrected chi connectivity index (χ1v) is 6.48. The van der Waals surface area contributed by atoms with Crippen molar-refractivity contribution < 1.29 is 9.47 Å². The Morgan fingerprint density at radius 3 is 1.95 bits per heavy atom. The molecule has 0 bridgehead atoms. The van der Waals surface area contributed by atoms with E-state index in [0.29, 0.717) is 13.2 Å². The molecule has 0 atom stereocenters. The summed E-state index contributed by atoms with van der Waals surface area (Å²) < 4.78 is 10.9. The van der Waals surface area contributed by atoms with Gasteiger partial charge in [-0.15, -0.1) is 0 Å². The average molecular weight is 252 g/mol. The minimum atomic E-state index is -0.188. The zero-order valence-electron chi connectivity index (χ0n) is 10.7. The van der Waals surface area contributed by atoms with Crippen molar-refractivity contribution in [3.8, 4) is 0 Å². The summed E-state index contributed by atoms with van der Waals surface area (Å²) in [6, 6.07) is 18.6. The van der Waals surface area contributed by atoms with Crippen LogP contribution >= 0.6 is 0 Å². The van der Waals surface area contributed by atoms with E-state index in [1.807, 2.05) is 18.2 Å². The van der Waals surface area contributed by atoms with E-state index in [0.717, 1.165) is 5.56 Å². The van der Waals surface area contributed by atoms with Crippen LogP contribution in [0.4, 0.5) is 0 Å². The summed E-state index contributed by atoms with van der Waals surface area (Å²) in [6.07, 6.45) is 4.03. The van der Waals surface area contributed by atoms with E-state index in [2.05, 4.69) is 48.6 Å². The molecule has 96 valence electrons. The smallest absolute Gasteiger partial charge is 0.184 e. The van der Waals surface area contributed by atoms with Gasteiger partial charge in [-0.25, -0.2) is 0 Å². The number of hydrogen-bond acceptors (Lipinski definition) is 2. The molecule has 2 aromatic rings. The van der Waals surface area contributed by atoms with Crippen LogP contribution < -0.4 is 0 Å². The van der Waals surface area contributed by atoms with E-state index in [1.54, 1.807) is 0 Å². The Morgan fingerprint density at radius 1 is 0.737 bits per heavy atom. The highest BCUT2D eigenvalue weighted by Gasteiger charge is 2.17. The minimum Gasteiger partial charge on any atom is -0.346 e. The Hall–Kier alpha value is -1.90. The van der Waals surface area contributed by atoms with Gasteiger partial charge in [0.15, 0.2) is 6.29 Å². The fraction of sp³-hybridized carbons (Fsp3) is 0.176. The molecule has 0 unspecified atom stereocenters. The van der Waals surface area contributed by atoms with Crippen LogP contribution in [-0.4, -0.2) is 13.2 Å². The Balaban J connectivity index is 1.70. The van der Waals surface area contributed by atoms with Gasteiger partial charge in [0.05, 0.1) is 13.2 Å². The van der Waals surface area contributed by atoms with Crippen LogP contribution in [-0.2, 0) is 9.47 Å². The quantitative estimate of drug-likeness (QED) is 0.771. The molecule has 0 aliphatic carbocycles. The van der Waals surface area contributed by atoms with Crippen molar-refractivity contribution in [2.45, 2.75) is 6.29 Å². The molecule has 0 saturated carbocycles. The zero-order valence-corrected chi connectivity index (χ0v) is 10.7. The van der Waals surface area contributed by atoms with Crippen molar-refractivity contribution >= 4 is 12.2 Å². The van der Waals surface area contributed by atoms with Crippen LogP contribution in [0.2, 0.25) is 0 Å². The van der Waals surface area contributed by atoms with Crippen LogP contribution in [0.1, 0.15) is 23.0 Å². The van der Waals surface area contributed by atoms with E-state index in [4.69, 9.17) is 9.47 Å². The van der Waals surface area contributed by atoms with Gasteiger partial charge in [-0.3, -0.25) is 0 Å². The van der Waals surface area contributed by atoms with Crippen molar-refractivity contribution in [2.24, 2.45) is 0 Å². The van der Waals surface area contributed by atoms with Crippen molar-refractivity contribution in [1.29, 1.82) is 0 Å². The highest BCUT2D eigenvalue weighted by atomic mass is 16.7. The predicted octanol–water partition coefficient (Wildman–Crippen LogP) is 3.90. The molecule has 19 heavy (non-hydrogen) atoms. The van der Waals surface area contributed by atoms with E-state index in [1.165, 1.54) is 11.1 Å². The molecule has 0 amide bonds. The van der Waals surface area contributed by atoms with Crippen molar-refractivity contribution in [3.63, 3.8) is 0 Å². The molecular weight excluding hydrogens is 236 g/mol. The third-order valence-electron chi connectivity index (χ3n) is 3.10. The summed E-state index contributed by atoms with van der Waals surface area (Å²) in [5, 5.41) is 0. The molecule has 1 heterocycles. The Bertz CT molecular complexity index is 537. The maximum Gasteiger partial charge on any atom is 0.184 e. The van der Waals surface area contributed by atoms with Crippen LogP contribution in [0, 0.1) is 0 Å². The van der Waals surface area contributed by atoms with E-state index < -0.39 is 0 Å². The Morgan fingerprint density at radius 2 is 1.32 bits per heavy atom. The second-order valence-corrected chi connectivity index (χ2v) is 4.48. The highest BCUT2D eigenvalue weighted by molar-refractivity contribution is 5.69. The second kappa shape index (κ2) is 5.83. The Kier molecular flexibility index (Phi) is 3.73. The summed E-state index contributed by atoms with van der Waals surface area (Å²) in [7, 11) is 0. The maximum absolute atomic E-state index is 5.47. The third-order valence-corrected chi connectivity index (χ3v) is 3.10. The lowest BCUT2D eigenvalue weighted by atomic mass is 10.1. The molecule has 2 nitrogen and oxygen atoms in total. The van der Waals surface area contributed by atoms with Gasteiger partial charge in [0.25, 0.3) is 0 Å². The highest BCUT2D eigenvalue weighted by Crippen LogP contribution is 2.23. The van der Waals surface area contributed by atoms with Gasteiger partial charge in [0.1, 0.15) is 0 Å². The molecule has 1 fully saturated rings. The van der Waals surface area contributed by atoms with E-state index in [-0.39, 0.29) is 6.29 Å². The van der Waals surface area contributed by atoms with Gasteiger partial charge >= 0.3 is 0 Å². The number of benzene rings is 2. The average Bonchev–Trinajstić information content (AvgIpc) is 3.01. The summed E-state index contributed by atoms with van der Waals surface area (Å²) in [6.45, 7) is 1.36. The van der Waals surface area contributed by atoms with E-state index >= 15 is 0 Å². The van der Waals surface area contributed by atoms with Gasteiger partial charge < -0.3 is 9.47 Å². The lowest BCUT2D eigenvalue weighted by Gasteiger charge is -2.08. The van der Waals surface area contributed by atoms with Crippen molar-refractivity contribution in [2.75, 3.05) is 13.2 Å². The summed E-state index contributed by atoms with van der Waals surface area (Å²) in [5.41, 5.74) is 3.45. The molecule has 1 aliphatic rings. The Labute approximate surface area is 113 Å². The van der Waals surface area contributed by atoms with E-state index in [9.17, 15) is 0 Å². The van der Waals surface area contributed by atoms with Crippen molar-refractivity contribution in [1.82, 2.24) is 0 Å². The minimum absolute atomic E-state index is 0.188. The third kappa shape index (κ3) is 3.11. The first-order chi connectivity index (χ1) is 9.42. The topological polar surface area (TPSA) is 18.5 Å². The van der Waals surface area contributed by atoms with Gasteiger partial charge in [-0.05, 0) is 11.1 Å². The molecule has 3 rings (SSSR count). The molecule has 0 radical (unpaired) electrons. The van der Waals surface area contributed by atoms with Gasteiger partial charge in [0.2, 0.25) is 0 Å². The normalized spacial score (nSPS) is 16.2. The monoisotopic (exact) mass is 252 g/mol. The summed E-state index contributed by atoms with van der Waals surface area (Å²) in [4.78, 5) is 0. The fourth-order valence-electron chi connectivity index (χ4n) is 2.07. The van der Waals surface area contributed by atoms with Gasteiger partial charge in [-0.1, -0.05) is 66.7 Å². The molecule has 0 N–H and O–H groups in total. The van der Waals surface area contributed by atoms with Gasteiger partial charge in [0, 0.05) is 5.56 Å². The van der Waals surface area contributed by atoms with Crippen LogP contribution in [0.3, 0.4) is 0 Å². The first kappa shape index (κ1) is 12.2. The number of rotatable bonds is 3. The molecule has 1 saturated heterocycles. The molecule has 0 spiro atoms. The lowest BCUT2D eigenvalue weighted by Crippen LogP contribution is -1.97. The van der Waals surface area contributed by atoms with Gasteiger partial charge in [-0.2, -0.15) is 0 Å². The standard InChI is InChI=1S/C17H16O2/c1-2-4-14(5-3-1)6-7-15-8-10-16(11-9-15)17-18-12-13-19-17/h1-11,17H,12-13H2. The number of ether oxygens (including phenoxy) is 2. The largest absolute Gasteiger partial charge is 0.346 e. The van der Waals surface area contributed by atoms with Crippen molar-refractivity contribution in [3.05, 3.63) is 71.3 Å². The molecule has 1 aliphatic heterocycles. The molecule has 2 aromatic carbocycles. The van der Waals surface area contributed by atoms with Crippen LogP contribution in [0.5, 0.6) is 0 Å². The summed E-state index contributed by atoms with van der Waals surface area (Å²) in [5.74, 6) is 0. The number of hydrogen-bond donors (Lipinski definition) is 0. The lowest BCUT2D eigenvalue weighted by molar-refractivity contribution is -0.0441. The first-order valence-electron chi connectivity index (χ1n) is 6.48. The molecule has 0 aromatic heterocycles. The summed E-state index contributed by atoms with van der Waals surface area (Å²) >= 11 is 0. The fourth-order valence-corrected chi connectivity index (χ4v) is 2.07. The van der Waals surface area contributed by atoms with Crippen LogP contribution in [0.25, 0.3) is 12.2 Å². The maximum atomic E-state index is 5.47. The molecule has 2 heteroatoms. The zero-order chi connectivity index (χ0) is 12.9. The molecular formula is C17H16O2. The van der Waals surface area contributed by atoms with Crippen LogP contribution in [0.15, 0.2) is 54.6 Å². The predicted molar refractivity (Wildman–Crippen MR) is 76.5 cm³/mol.